The molecule has 0 aromatic heterocycles. The Labute approximate surface area is 181 Å². The Bertz CT molecular complexity index is 897. The predicted molar refractivity (Wildman–Crippen MR) is 117 cm³/mol. The van der Waals surface area contributed by atoms with Crippen LogP contribution in [0, 0.1) is 0 Å². The van der Waals surface area contributed by atoms with Gasteiger partial charge in [-0.2, -0.15) is 0 Å². The quantitative estimate of drug-likeness (QED) is 0.443. The Kier molecular flexibility index (Phi) is 9.09. The fraction of sp³-hybridized carbons (Fsp3) is 0.261. The molecule has 0 unspecified atom stereocenters. The van der Waals surface area contributed by atoms with Gasteiger partial charge in [-0.1, -0.05) is 54.6 Å². The van der Waals surface area contributed by atoms with Crippen molar-refractivity contribution in [3.05, 3.63) is 77.4 Å². The van der Waals surface area contributed by atoms with Crippen LogP contribution in [0.4, 0.5) is 0 Å². The first kappa shape index (κ1) is 23.2. The highest BCUT2D eigenvalue weighted by Crippen LogP contribution is 2.11. The third-order valence-electron chi connectivity index (χ3n) is 4.45. The second-order valence-corrected chi connectivity index (χ2v) is 7.35. The van der Waals surface area contributed by atoms with E-state index in [4.69, 9.17) is 11.8 Å². The summed E-state index contributed by atoms with van der Waals surface area (Å²) in [6.45, 7) is 0. The molecule has 2 aromatic rings. The van der Waals surface area contributed by atoms with E-state index in [1.165, 1.54) is 7.05 Å². The van der Waals surface area contributed by atoms with Crippen molar-refractivity contribution in [1.82, 2.24) is 9.74 Å². The van der Waals surface area contributed by atoms with E-state index in [0.29, 0.717) is 24.8 Å². The van der Waals surface area contributed by atoms with Crippen LogP contribution in [0.2, 0.25) is 0 Å². The number of hydrogen-bond acceptors (Lipinski definition) is 3. The minimum atomic E-state index is -1.08. The number of amides is 2. The van der Waals surface area contributed by atoms with Crippen LogP contribution in [0.15, 0.2) is 60.7 Å². The van der Waals surface area contributed by atoms with Gasteiger partial charge >= 0.3 is 5.97 Å². The van der Waals surface area contributed by atoms with Gasteiger partial charge in [0.15, 0.2) is 0 Å². The van der Waals surface area contributed by atoms with E-state index in [2.05, 4.69) is 5.32 Å². The molecule has 2 N–H and O–H groups in total. The number of benzene rings is 2. The summed E-state index contributed by atoms with van der Waals surface area (Å²) in [6.07, 6.45) is 5.73. The minimum Gasteiger partial charge on any atom is -0.480 e. The lowest BCUT2D eigenvalue weighted by atomic mass is 10.0. The molecule has 0 saturated heterocycles. The SMILES string of the molecule is CN(Cl)C(=O)CCC/C=C\c1cccc(C(=O)N[C@H](Cc2ccccc2)C(=O)O)c1. The lowest BCUT2D eigenvalue weighted by molar-refractivity contribution is -0.139. The molecule has 0 aliphatic carbocycles. The molecule has 0 heterocycles. The summed E-state index contributed by atoms with van der Waals surface area (Å²) in [5, 5.41) is 12.1. The number of halogens is 1. The van der Waals surface area contributed by atoms with Crippen molar-refractivity contribution in [2.45, 2.75) is 31.7 Å². The lowest BCUT2D eigenvalue weighted by Crippen LogP contribution is -2.42. The number of rotatable bonds is 10. The van der Waals surface area contributed by atoms with Gasteiger partial charge in [-0.25, -0.2) is 4.79 Å². The summed E-state index contributed by atoms with van der Waals surface area (Å²) >= 11 is 5.58. The van der Waals surface area contributed by atoms with Crippen molar-refractivity contribution in [3.63, 3.8) is 0 Å². The molecule has 6 nitrogen and oxygen atoms in total. The maximum atomic E-state index is 12.6. The predicted octanol–water partition coefficient (Wildman–Crippen LogP) is 3.91. The van der Waals surface area contributed by atoms with Gasteiger partial charge in [0.05, 0.1) is 0 Å². The number of aliphatic carboxylic acids is 1. The first-order valence-corrected chi connectivity index (χ1v) is 9.97. The number of carboxylic acids is 1. The Hall–Kier alpha value is -3.12. The second kappa shape index (κ2) is 11.8. The van der Waals surface area contributed by atoms with E-state index in [0.717, 1.165) is 15.5 Å². The molecule has 0 aliphatic rings. The maximum absolute atomic E-state index is 12.6. The van der Waals surface area contributed by atoms with Crippen molar-refractivity contribution >= 4 is 35.6 Å². The summed E-state index contributed by atoms with van der Waals surface area (Å²) < 4.78 is 1.05. The van der Waals surface area contributed by atoms with E-state index in [-0.39, 0.29) is 12.3 Å². The third-order valence-corrected chi connectivity index (χ3v) is 4.64. The molecule has 2 aromatic carbocycles. The van der Waals surface area contributed by atoms with Gasteiger partial charge in [0.1, 0.15) is 6.04 Å². The molecule has 158 valence electrons. The summed E-state index contributed by atoms with van der Waals surface area (Å²) in [5.74, 6) is -1.66. The highest BCUT2D eigenvalue weighted by Gasteiger charge is 2.21. The van der Waals surface area contributed by atoms with Gasteiger partial charge in [-0.3, -0.25) is 14.0 Å². The monoisotopic (exact) mass is 428 g/mol. The smallest absolute Gasteiger partial charge is 0.326 e. The van der Waals surface area contributed by atoms with Crippen LogP contribution in [0.25, 0.3) is 6.08 Å². The molecule has 0 saturated carbocycles. The number of carboxylic acid groups (broad SMARTS) is 1. The van der Waals surface area contributed by atoms with Crippen LogP contribution in [0.1, 0.15) is 40.7 Å². The largest absolute Gasteiger partial charge is 0.480 e. The molecule has 0 aliphatic heterocycles. The standard InChI is InChI=1S/C23H25ClN2O4/c1-26(24)21(27)14-7-3-6-9-17-12-8-13-19(15-17)22(28)25-20(23(29)30)16-18-10-4-2-5-11-18/h2,4-6,8-13,15,20H,3,7,14,16H2,1H3,(H,25,28)(H,29,30)/b9-6-/t20-/m1/s1. The average molecular weight is 429 g/mol. The molecule has 2 amide bonds. The van der Waals surface area contributed by atoms with Gasteiger partial charge < -0.3 is 10.4 Å². The van der Waals surface area contributed by atoms with Crippen LogP contribution in [0.3, 0.4) is 0 Å². The number of carbonyl (C=O) groups is 3. The Morgan fingerprint density at radius 2 is 1.87 bits per heavy atom. The fourth-order valence-electron chi connectivity index (χ4n) is 2.82. The number of allylic oxidation sites excluding steroid dienone is 1. The summed E-state index contributed by atoms with van der Waals surface area (Å²) in [5.41, 5.74) is 2.04. The maximum Gasteiger partial charge on any atom is 0.326 e. The molecule has 0 fully saturated rings. The van der Waals surface area contributed by atoms with Gasteiger partial charge in [0, 0.05) is 37.2 Å². The highest BCUT2D eigenvalue weighted by atomic mass is 35.5. The van der Waals surface area contributed by atoms with Crippen LogP contribution in [-0.4, -0.2) is 40.4 Å². The number of nitrogens with one attached hydrogen (secondary N) is 1. The first-order chi connectivity index (χ1) is 14.4. The molecular weight excluding hydrogens is 404 g/mol. The molecule has 7 heteroatoms. The van der Waals surface area contributed by atoms with Crippen LogP contribution >= 0.6 is 11.8 Å². The van der Waals surface area contributed by atoms with E-state index in [1.54, 1.807) is 18.2 Å². The number of hydrogen-bond donors (Lipinski definition) is 2. The zero-order valence-electron chi connectivity index (χ0n) is 16.8. The van der Waals surface area contributed by atoms with Gasteiger partial charge in [-0.05, 0) is 36.1 Å². The Morgan fingerprint density at radius 1 is 1.13 bits per heavy atom. The molecular formula is C23H25ClN2O4. The number of nitrogens with zero attached hydrogens (tertiary/aromatic N) is 1. The zero-order valence-corrected chi connectivity index (χ0v) is 17.5. The van der Waals surface area contributed by atoms with Crippen molar-refractivity contribution in [3.8, 4) is 0 Å². The highest BCUT2D eigenvalue weighted by molar-refractivity contribution is 6.20. The van der Waals surface area contributed by atoms with E-state index >= 15 is 0 Å². The van der Waals surface area contributed by atoms with Gasteiger partial charge in [-0.15, -0.1) is 0 Å². The Balaban J connectivity index is 1.95. The summed E-state index contributed by atoms with van der Waals surface area (Å²) in [4.78, 5) is 35.6. The van der Waals surface area contributed by atoms with Crippen molar-refractivity contribution in [2.24, 2.45) is 0 Å². The summed E-state index contributed by atoms with van der Waals surface area (Å²) in [6, 6.07) is 15.1. The average Bonchev–Trinajstić information content (AvgIpc) is 2.73. The van der Waals surface area contributed by atoms with Crippen LogP contribution < -0.4 is 5.32 Å². The first-order valence-electron chi connectivity index (χ1n) is 9.63. The molecule has 30 heavy (non-hydrogen) atoms. The van der Waals surface area contributed by atoms with Crippen molar-refractivity contribution < 1.29 is 19.5 Å². The van der Waals surface area contributed by atoms with E-state index < -0.39 is 17.9 Å². The topological polar surface area (TPSA) is 86.7 Å². The number of unbranched alkanes of at least 4 members (excludes halogenated alkanes) is 1. The van der Waals surface area contributed by atoms with Gasteiger partial charge in [0.25, 0.3) is 5.91 Å². The minimum absolute atomic E-state index is 0.132. The van der Waals surface area contributed by atoms with Gasteiger partial charge in [0.2, 0.25) is 5.91 Å². The van der Waals surface area contributed by atoms with Crippen molar-refractivity contribution in [2.75, 3.05) is 7.05 Å². The molecule has 2 rings (SSSR count). The number of carbonyl (C=O) groups excluding carboxylic acids is 2. The van der Waals surface area contributed by atoms with Crippen LogP contribution in [0.5, 0.6) is 0 Å². The fourth-order valence-corrected chi connectivity index (χ4v) is 2.90. The Morgan fingerprint density at radius 3 is 2.53 bits per heavy atom. The van der Waals surface area contributed by atoms with E-state index in [1.807, 2.05) is 48.6 Å². The molecule has 1 atom stereocenters. The van der Waals surface area contributed by atoms with E-state index in [9.17, 15) is 19.5 Å². The zero-order chi connectivity index (χ0) is 21.9. The van der Waals surface area contributed by atoms with Crippen molar-refractivity contribution in [1.29, 1.82) is 0 Å². The second-order valence-electron chi connectivity index (χ2n) is 6.84. The summed E-state index contributed by atoms with van der Waals surface area (Å²) in [7, 11) is 1.50. The molecule has 0 radical (unpaired) electrons. The van der Waals surface area contributed by atoms with Crippen LogP contribution in [-0.2, 0) is 16.0 Å². The normalized spacial score (nSPS) is 11.8. The third kappa shape index (κ3) is 7.72. The molecule has 0 spiro atoms. The molecule has 0 bridgehead atoms. The lowest BCUT2D eigenvalue weighted by Gasteiger charge is -2.15.